The van der Waals surface area contributed by atoms with Gasteiger partial charge in [0, 0.05) is 84.7 Å². The van der Waals surface area contributed by atoms with Crippen molar-refractivity contribution in [2.75, 3.05) is 33.4 Å². The van der Waals surface area contributed by atoms with Crippen molar-refractivity contribution >= 4 is 28.2 Å². The number of hydrogen-bond acceptors (Lipinski definition) is 6. The number of methoxy groups -OCH3 is 1. The maximum atomic E-state index is 14.8. The number of aromatic nitrogens is 3. The summed E-state index contributed by atoms with van der Waals surface area (Å²) < 4.78 is 20.0. The summed E-state index contributed by atoms with van der Waals surface area (Å²) >= 11 is 6.18. The first kappa shape index (κ1) is 26.9. The average molecular weight is 544 g/mol. The molecule has 4 heterocycles. The van der Waals surface area contributed by atoms with Crippen molar-refractivity contribution in [1.82, 2.24) is 25.2 Å². The molecule has 0 saturated carbocycles. The van der Waals surface area contributed by atoms with Gasteiger partial charge in [-0.3, -0.25) is 4.98 Å². The lowest BCUT2D eigenvalue weighted by Crippen LogP contribution is -2.42. The first-order valence-electron chi connectivity index (χ1n) is 13.0. The number of nitrogens with zero attached hydrogens (tertiary/aromatic N) is 4. The molecule has 8 heteroatoms. The molecule has 0 bridgehead atoms. The third kappa shape index (κ3) is 6.33. The molecule has 39 heavy (non-hydrogen) atoms. The summed E-state index contributed by atoms with van der Waals surface area (Å²) in [4.78, 5) is 16.0. The van der Waals surface area contributed by atoms with E-state index in [2.05, 4.69) is 37.8 Å². The summed E-state index contributed by atoms with van der Waals surface area (Å²) in [5, 5.41) is 4.88. The van der Waals surface area contributed by atoms with Crippen molar-refractivity contribution in [2.24, 2.45) is 0 Å². The number of rotatable bonds is 9. The summed E-state index contributed by atoms with van der Waals surface area (Å²) in [5.74, 6) is -0.396. The SMILES string of the molecule is C=C/C(=C\NC1CCN(CCOC)CC1)c1cncc(-c2cc(-c3cc(Cl)ccc3F)nc3ncccc23)c1. The van der Waals surface area contributed by atoms with Crippen LogP contribution in [-0.2, 0) is 4.74 Å². The molecule has 0 radical (unpaired) electrons. The normalized spacial score (nSPS) is 15.0. The molecule has 1 aromatic carbocycles. The monoisotopic (exact) mass is 543 g/mol. The minimum absolute atomic E-state index is 0.324. The minimum Gasteiger partial charge on any atom is -0.388 e. The second-order valence-corrected chi connectivity index (χ2v) is 10.0. The molecule has 1 N–H and O–H groups in total. The molecule has 3 aromatic heterocycles. The molecule has 5 rings (SSSR count). The van der Waals surface area contributed by atoms with Crippen molar-refractivity contribution in [3.8, 4) is 22.4 Å². The molecule has 1 aliphatic heterocycles. The molecule has 1 aliphatic rings. The van der Waals surface area contributed by atoms with Crippen LogP contribution in [0.1, 0.15) is 18.4 Å². The second-order valence-electron chi connectivity index (χ2n) is 9.60. The van der Waals surface area contributed by atoms with E-state index in [0.717, 1.165) is 66.7 Å². The minimum atomic E-state index is -0.396. The maximum absolute atomic E-state index is 14.8. The molecule has 6 nitrogen and oxygen atoms in total. The largest absolute Gasteiger partial charge is 0.388 e. The van der Waals surface area contributed by atoms with Gasteiger partial charge >= 0.3 is 0 Å². The Hall–Kier alpha value is -3.65. The van der Waals surface area contributed by atoms with Gasteiger partial charge < -0.3 is 15.0 Å². The van der Waals surface area contributed by atoms with Crippen LogP contribution in [0.15, 0.2) is 79.9 Å². The number of pyridine rings is 3. The van der Waals surface area contributed by atoms with Crippen molar-refractivity contribution in [1.29, 1.82) is 0 Å². The standard InChI is InChI=1S/C31H31ClFN5O/c1-3-21(20-36-25-8-11-38(12-9-25)13-14-39-2)22-15-23(19-34-18-22)27-17-30(28-16-24(32)6-7-29(28)33)37-31-26(27)5-4-10-35-31/h3-7,10,15-20,25,36H,1,8-9,11-14H2,2H3/b21-20+. The Bertz CT molecular complexity index is 1500. The molecule has 0 amide bonds. The number of hydrogen-bond donors (Lipinski definition) is 1. The molecule has 0 unspecified atom stereocenters. The Morgan fingerprint density at radius 2 is 2.03 bits per heavy atom. The van der Waals surface area contributed by atoms with Crippen LogP contribution in [0.2, 0.25) is 5.02 Å². The van der Waals surface area contributed by atoms with E-state index in [1.165, 1.54) is 12.1 Å². The van der Waals surface area contributed by atoms with Gasteiger partial charge in [0.05, 0.1) is 12.3 Å². The van der Waals surface area contributed by atoms with Gasteiger partial charge in [-0.2, -0.15) is 0 Å². The van der Waals surface area contributed by atoms with Gasteiger partial charge in [-0.15, -0.1) is 0 Å². The molecule has 0 aliphatic carbocycles. The van der Waals surface area contributed by atoms with Crippen molar-refractivity contribution in [3.63, 3.8) is 0 Å². The number of benzene rings is 1. The van der Waals surface area contributed by atoms with Crippen LogP contribution in [-0.4, -0.2) is 59.2 Å². The Morgan fingerprint density at radius 1 is 1.18 bits per heavy atom. The predicted octanol–water partition coefficient (Wildman–Crippen LogP) is 6.38. The zero-order valence-corrected chi connectivity index (χ0v) is 22.7. The van der Waals surface area contributed by atoms with E-state index < -0.39 is 5.82 Å². The van der Waals surface area contributed by atoms with Crippen LogP contribution >= 0.6 is 11.6 Å². The Kier molecular flexibility index (Phi) is 8.61. The van der Waals surface area contributed by atoms with Crippen LogP contribution in [0.3, 0.4) is 0 Å². The first-order chi connectivity index (χ1) is 19.1. The molecule has 4 aromatic rings. The van der Waals surface area contributed by atoms with E-state index >= 15 is 0 Å². The van der Waals surface area contributed by atoms with Crippen LogP contribution in [0.25, 0.3) is 39.0 Å². The Balaban J connectivity index is 1.44. The van der Waals surface area contributed by atoms with Gasteiger partial charge in [-0.05, 0) is 66.4 Å². The number of nitrogens with one attached hydrogen (secondary N) is 1. The maximum Gasteiger partial charge on any atom is 0.160 e. The summed E-state index contributed by atoms with van der Waals surface area (Å²) in [6, 6.07) is 12.6. The fourth-order valence-electron chi connectivity index (χ4n) is 4.88. The quantitative estimate of drug-likeness (QED) is 0.247. The fourth-order valence-corrected chi connectivity index (χ4v) is 5.06. The average Bonchev–Trinajstić information content (AvgIpc) is 2.98. The fraction of sp³-hybridized carbons (Fsp3) is 0.258. The van der Waals surface area contributed by atoms with E-state index in [-0.39, 0.29) is 0 Å². The number of ether oxygens (including phenoxy) is 1. The zero-order chi connectivity index (χ0) is 27.2. The van der Waals surface area contributed by atoms with Gasteiger partial charge in [0.25, 0.3) is 0 Å². The van der Waals surface area contributed by atoms with Gasteiger partial charge in [-0.25, -0.2) is 14.4 Å². The van der Waals surface area contributed by atoms with E-state index in [1.807, 2.05) is 36.7 Å². The van der Waals surface area contributed by atoms with E-state index in [9.17, 15) is 4.39 Å². The highest BCUT2D eigenvalue weighted by Gasteiger charge is 2.18. The lowest BCUT2D eigenvalue weighted by Gasteiger charge is -2.32. The topological polar surface area (TPSA) is 63.2 Å². The van der Waals surface area contributed by atoms with Gasteiger partial charge in [0.1, 0.15) is 5.82 Å². The van der Waals surface area contributed by atoms with Crippen molar-refractivity contribution < 1.29 is 9.13 Å². The van der Waals surface area contributed by atoms with Crippen molar-refractivity contribution in [3.05, 3.63) is 96.3 Å². The lowest BCUT2D eigenvalue weighted by molar-refractivity contribution is 0.128. The molecular formula is C31H31ClFN5O. The van der Waals surface area contributed by atoms with Gasteiger partial charge in [-0.1, -0.05) is 24.3 Å². The van der Waals surface area contributed by atoms with Crippen LogP contribution in [0, 0.1) is 5.82 Å². The molecule has 0 atom stereocenters. The van der Waals surface area contributed by atoms with Crippen LogP contribution in [0.4, 0.5) is 4.39 Å². The van der Waals surface area contributed by atoms with Gasteiger partial charge in [0.2, 0.25) is 0 Å². The van der Waals surface area contributed by atoms with Crippen LogP contribution < -0.4 is 5.32 Å². The lowest BCUT2D eigenvalue weighted by atomic mass is 9.98. The number of piperidine rings is 1. The summed E-state index contributed by atoms with van der Waals surface area (Å²) in [6.07, 6.45) is 11.3. The Labute approximate surface area is 233 Å². The summed E-state index contributed by atoms with van der Waals surface area (Å²) in [6.45, 7) is 7.87. The highest BCUT2D eigenvalue weighted by Crippen LogP contribution is 2.34. The number of likely N-dealkylation sites (tertiary alicyclic amines) is 1. The van der Waals surface area contributed by atoms with E-state index in [4.69, 9.17) is 16.3 Å². The third-order valence-corrected chi connectivity index (χ3v) is 7.30. The predicted molar refractivity (Wildman–Crippen MR) is 156 cm³/mol. The molecular weight excluding hydrogens is 513 g/mol. The smallest absolute Gasteiger partial charge is 0.160 e. The van der Waals surface area contributed by atoms with Crippen molar-refractivity contribution in [2.45, 2.75) is 18.9 Å². The number of halogens is 2. The summed E-state index contributed by atoms with van der Waals surface area (Å²) in [7, 11) is 1.74. The Morgan fingerprint density at radius 3 is 2.82 bits per heavy atom. The zero-order valence-electron chi connectivity index (χ0n) is 21.9. The third-order valence-electron chi connectivity index (χ3n) is 7.06. The molecule has 200 valence electrons. The second kappa shape index (κ2) is 12.5. The molecule has 1 fully saturated rings. The highest BCUT2D eigenvalue weighted by atomic mass is 35.5. The molecule has 0 spiro atoms. The number of allylic oxidation sites excluding steroid dienone is 2. The van der Waals surface area contributed by atoms with E-state index in [0.29, 0.717) is 28.0 Å². The highest BCUT2D eigenvalue weighted by molar-refractivity contribution is 6.30. The summed E-state index contributed by atoms with van der Waals surface area (Å²) in [5.41, 5.74) is 4.91. The molecule has 1 saturated heterocycles. The van der Waals surface area contributed by atoms with E-state index in [1.54, 1.807) is 25.6 Å². The van der Waals surface area contributed by atoms with Gasteiger partial charge in [0.15, 0.2) is 5.65 Å². The first-order valence-corrected chi connectivity index (χ1v) is 13.4. The number of fused-ring (bicyclic) bond motifs is 1. The van der Waals surface area contributed by atoms with Crippen LogP contribution in [0.5, 0.6) is 0 Å².